The Morgan fingerprint density at radius 1 is 1.50 bits per heavy atom. The van der Waals surface area contributed by atoms with Crippen LogP contribution in [0.4, 0.5) is 0 Å². The predicted molar refractivity (Wildman–Crippen MR) is 70.6 cm³/mol. The number of amides is 1. The Morgan fingerprint density at radius 3 is 2.89 bits per heavy atom. The van der Waals surface area contributed by atoms with Gasteiger partial charge in [-0.05, 0) is 24.6 Å². The zero-order valence-electron chi connectivity index (χ0n) is 10.3. The minimum atomic E-state index is -0.0573. The van der Waals surface area contributed by atoms with Gasteiger partial charge in [0, 0.05) is 35.9 Å². The van der Waals surface area contributed by atoms with Gasteiger partial charge in [-0.3, -0.25) is 9.89 Å². The Kier molecular flexibility index (Phi) is 3.67. The number of aromatic amines is 1. The third-order valence-electron chi connectivity index (χ3n) is 2.74. The van der Waals surface area contributed by atoms with Gasteiger partial charge in [0.05, 0.1) is 6.20 Å². The van der Waals surface area contributed by atoms with Crippen LogP contribution in [0.1, 0.15) is 21.5 Å². The van der Waals surface area contributed by atoms with E-state index in [0.717, 1.165) is 11.1 Å². The van der Waals surface area contributed by atoms with Crippen LogP contribution in [0.25, 0.3) is 0 Å². The average molecular weight is 264 g/mol. The summed E-state index contributed by atoms with van der Waals surface area (Å²) < 4.78 is 0. The summed E-state index contributed by atoms with van der Waals surface area (Å²) in [6.07, 6.45) is 3.47. The van der Waals surface area contributed by atoms with Gasteiger partial charge in [-0.15, -0.1) is 0 Å². The van der Waals surface area contributed by atoms with Gasteiger partial charge in [0.1, 0.15) is 0 Å². The first-order valence-electron chi connectivity index (χ1n) is 5.57. The molecule has 2 rings (SSSR count). The molecule has 0 bridgehead atoms. The van der Waals surface area contributed by atoms with E-state index < -0.39 is 0 Å². The molecule has 2 aromatic rings. The normalized spacial score (nSPS) is 10.4. The number of halogens is 1. The Balaban J connectivity index is 2.12. The zero-order chi connectivity index (χ0) is 13.1. The Labute approximate surface area is 111 Å². The molecule has 0 saturated carbocycles. The molecule has 5 heteroatoms. The van der Waals surface area contributed by atoms with Crippen LogP contribution in [0.15, 0.2) is 30.6 Å². The van der Waals surface area contributed by atoms with Crippen LogP contribution in [0.3, 0.4) is 0 Å². The van der Waals surface area contributed by atoms with E-state index in [0.29, 0.717) is 17.1 Å². The Bertz CT molecular complexity index is 551. The summed E-state index contributed by atoms with van der Waals surface area (Å²) in [4.78, 5) is 13.8. The lowest BCUT2D eigenvalue weighted by Gasteiger charge is -2.16. The first-order valence-corrected chi connectivity index (χ1v) is 5.95. The lowest BCUT2D eigenvalue weighted by molar-refractivity contribution is 0.0785. The van der Waals surface area contributed by atoms with Crippen molar-refractivity contribution in [2.45, 2.75) is 13.5 Å². The smallest absolute Gasteiger partial charge is 0.253 e. The van der Waals surface area contributed by atoms with E-state index >= 15 is 0 Å². The highest BCUT2D eigenvalue weighted by Crippen LogP contribution is 2.18. The van der Waals surface area contributed by atoms with E-state index in [1.165, 1.54) is 0 Å². The summed E-state index contributed by atoms with van der Waals surface area (Å²) in [7, 11) is 1.75. The van der Waals surface area contributed by atoms with Crippen LogP contribution < -0.4 is 0 Å². The summed E-state index contributed by atoms with van der Waals surface area (Å²) in [5, 5.41) is 7.18. The summed E-state index contributed by atoms with van der Waals surface area (Å²) in [5.74, 6) is -0.0573. The third kappa shape index (κ3) is 2.71. The Hall–Kier alpha value is -1.81. The molecule has 1 aromatic heterocycles. The molecule has 4 nitrogen and oxygen atoms in total. The summed E-state index contributed by atoms with van der Waals surface area (Å²) >= 11 is 6.02. The predicted octanol–water partition coefficient (Wildman–Crippen LogP) is 2.64. The molecule has 0 radical (unpaired) electrons. The van der Waals surface area contributed by atoms with E-state index in [2.05, 4.69) is 10.2 Å². The van der Waals surface area contributed by atoms with Gasteiger partial charge in [0.15, 0.2) is 0 Å². The fourth-order valence-electron chi connectivity index (χ4n) is 1.66. The minimum Gasteiger partial charge on any atom is -0.337 e. The molecule has 0 aliphatic rings. The lowest BCUT2D eigenvalue weighted by Crippen LogP contribution is -2.26. The molecule has 1 amide bonds. The van der Waals surface area contributed by atoms with Crippen molar-refractivity contribution in [1.29, 1.82) is 0 Å². The van der Waals surface area contributed by atoms with Crippen molar-refractivity contribution in [1.82, 2.24) is 15.1 Å². The van der Waals surface area contributed by atoms with Gasteiger partial charge < -0.3 is 4.90 Å². The van der Waals surface area contributed by atoms with E-state index in [1.54, 1.807) is 36.5 Å². The molecule has 18 heavy (non-hydrogen) atoms. The van der Waals surface area contributed by atoms with Crippen LogP contribution in [0.5, 0.6) is 0 Å². The Morgan fingerprint density at radius 2 is 2.28 bits per heavy atom. The van der Waals surface area contributed by atoms with Gasteiger partial charge in [-0.1, -0.05) is 17.7 Å². The molecular weight excluding hydrogens is 250 g/mol. The van der Waals surface area contributed by atoms with E-state index in [1.807, 2.05) is 13.0 Å². The molecule has 0 spiro atoms. The van der Waals surface area contributed by atoms with Crippen LogP contribution in [0, 0.1) is 6.92 Å². The number of nitrogens with zero attached hydrogens (tertiary/aromatic N) is 2. The number of hydrogen-bond acceptors (Lipinski definition) is 2. The lowest BCUT2D eigenvalue weighted by atomic mass is 10.1. The van der Waals surface area contributed by atoms with E-state index in [9.17, 15) is 4.79 Å². The van der Waals surface area contributed by atoms with Crippen LogP contribution in [-0.4, -0.2) is 28.1 Å². The monoisotopic (exact) mass is 263 g/mol. The van der Waals surface area contributed by atoms with Gasteiger partial charge in [-0.2, -0.15) is 5.10 Å². The standard InChI is InChI=1S/C13H14ClN3O/c1-9-3-4-11(5-12(9)14)13(18)17(2)8-10-6-15-16-7-10/h3-7H,8H2,1-2H3,(H,15,16). The second-order valence-electron chi connectivity index (χ2n) is 4.23. The highest BCUT2D eigenvalue weighted by Gasteiger charge is 2.13. The highest BCUT2D eigenvalue weighted by atomic mass is 35.5. The molecule has 1 aromatic carbocycles. The van der Waals surface area contributed by atoms with Crippen molar-refractivity contribution in [3.63, 3.8) is 0 Å². The number of carbonyl (C=O) groups is 1. The maximum atomic E-state index is 12.2. The molecule has 0 fully saturated rings. The maximum Gasteiger partial charge on any atom is 0.253 e. The molecular formula is C13H14ClN3O. The third-order valence-corrected chi connectivity index (χ3v) is 3.15. The summed E-state index contributed by atoms with van der Waals surface area (Å²) in [6, 6.07) is 5.34. The van der Waals surface area contributed by atoms with Gasteiger partial charge in [0.25, 0.3) is 5.91 Å². The van der Waals surface area contributed by atoms with E-state index in [4.69, 9.17) is 11.6 Å². The molecule has 0 atom stereocenters. The van der Waals surface area contributed by atoms with Crippen LogP contribution in [-0.2, 0) is 6.54 Å². The van der Waals surface area contributed by atoms with Crippen molar-refractivity contribution in [3.05, 3.63) is 52.3 Å². The highest BCUT2D eigenvalue weighted by molar-refractivity contribution is 6.31. The quantitative estimate of drug-likeness (QED) is 0.926. The van der Waals surface area contributed by atoms with Crippen molar-refractivity contribution in [2.24, 2.45) is 0 Å². The molecule has 0 aliphatic heterocycles. The van der Waals surface area contributed by atoms with E-state index in [-0.39, 0.29) is 5.91 Å². The van der Waals surface area contributed by atoms with Crippen LogP contribution in [0.2, 0.25) is 5.02 Å². The van der Waals surface area contributed by atoms with Crippen molar-refractivity contribution in [3.8, 4) is 0 Å². The average Bonchev–Trinajstić information content (AvgIpc) is 2.84. The number of H-pyrrole nitrogens is 1. The fraction of sp³-hybridized carbons (Fsp3) is 0.231. The second-order valence-corrected chi connectivity index (χ2v) is 4.64. The second kappa shape index (κ2) is 5.23. The van der Waals surface area contributed by atoms with Gasteiger partial charge in [0.2, 0.25) is 0 Å². The molecule has 1 heterocycles. The number of rotatable bonds is 3. The van der Waals surface area contributed by atoms with Crippen LogP contribution >= 0.6 is 11.6 Å². The topological polar surface area (TPSA) is 49.0 Å². The van der Waals surface area contributed by atoms with Crippen molar-refractivity contribution in [2.75, 3.05) is 7.05 Å². The summed E-state index contributed by atoms with van der Waals surface area (Å²) in [5.41, 5.74) is 2.52. The number of aromatic nitrogens is 2. The number of nitrogens with one attached hydrogen (secondary N) is 1. The first kappa shape index (κ1) is 12.6. The maximum absolute atomic E-state index is 12.2. The SMILES string of the molecule is Cc1ccc(C(=O)N(C)Cc2cn[nH]c2)cc1Cl. The largest absolute Gasteiger partial charge is 0.337 e. The minimum absolute atomic E-state index is 0.0573. The molecule has 1 N–H and O–H groups in total. The molecule has 0 aliphatic carbocycles. The van der Waals surface area contributed by atoms with Crippen molar-refractivity contribution < 1.29 is 4.79 Å². The number of aryl methyl sites for hydroxylation is 1. The molecule has 0 saturated heterocycles. The zero-order valence-corrected chi connectivity index (χ0v) is 11.0. The number of hydrogen-bond donors (Lipinski definition) is 1. The van der Waals surface area contributed by atoms with Gasteiger partial charge in [-0.25, -0.2) is 0 Å². The van der Waals surface area contributed by atoms with Gasteiger partial charge >= 0.3 is 0 Å². The van der Waals surface area contributed by atoms with Crippen molar-refractivity contribution >= 4 is 17.5 Å². The summed E-state index contributed by atoms with van der Waals surface area (Å²) in [6.45, 7) is 2.42. The number of benzene rings is 1. The number of carbonyl (C=O) groups excluding carboxylic acids is 1. The fourth-order valence-corrected chi connectivity index (χ4v) is 1.84. The molecule has 0 unspecified atom stereocenters. The molecule has 94 valence electrons. The first-order chi connectivity index (χ1) is 8.58.